The molecule has 5 nitrogen and oxygen atoms in total. The van der Waals surface area contributed by atoms with E-state index in [0.29, 0.717) is 22.9 Å². The summed E-state index contributed by atoms with van der Waals surface area (Å²) in [5.74, 6) is 1.74. The molecule has 0 saturated heterocycles. The average Bonchev–Trinajstić information content (AvgIpc) is 3.11. The van der Waals surface area contributed by atoms with Gasteiger partial charge in [0, 0.05) is 11.6 Å². The second-order valence-corrected chi connectivity index (χ2v) is 7.68. The predicted octanol–water partition coefficient (Wildman–Crippen LogP) is 3.82. The van der Waals surface area contributed by atoms with Crippen LogP contribution in [0.15, 0.2) is 29.4 Å². The highest BCUT2D eigenvalue weighted by Gasteiger charge is 2.22. The van der Waals surface area contributed by atoms with Crippen LogP contribution in [0, 0.1) is 5.92 Å². The monoisotopic (exact) mass is 358 g/mol. The Morgan fingerprint density at radius 3 is 2.76 bits per heavy atom. The van der Waals surface area contributed by atoms with Gasteiger partial charge >= 0.3 is 0 Å². The summed E-state index contributed by atoms with van der Waals surface area (Å²) in [5, 5.41) is 11.0. The Kier molecular flexibility index (Phi) is 6.13. The first-order valence-electron chi connectivity index (χ1n) is 9.09. The Bertz CT molecular complexity index is 698. The molecule has 2 aromatic rings. The van der Waals surface area contributed by atoms with E-state index in [9.17, 15) is 4.79 Å². The molecule has 1 amide bonds. The number of hydrogen-bond acceptors (Lipinski definition) is 4. The van der Waals surface area contributed by atoms with E-state index in [1.165, 1.54) is 36.6 Å². The molecule has 3 rings (SSSR count). The number of benzene rings is 1. The van der Waals surface area contributed by atoms with Gasteiger partial charge in [-0.05, 0) is 30.7 Å². The summed E-state index contributed by atoms with van der Waals surface area (Å²) in [7, 11) is 0. The molecule has 25 heavy (non-hydrogen) atoms. The van der Waals surface area contributed by atoms with Crippen molar-refractivity contribution in [3.63, 3.8) is 0 Å². The molecule has 1 aromatic heterocycles. The highest BCUT2D eigenvalue weighted by Crippen LogP contribution is 2.24. The smallest absolute Gasteiger partial charge is 0.230 e. The van der Waals surface area contributed by atoms with Crippen molar-refractivity contribution in [1.82, 2.24) is 20.5 Å². The topological polar surface area (TPSA) is 70.7 Å². The molecule has 1 aliphatic carbocycles. The van der Waals surface area contributed by atoms with E-state index >= 15 is 0 Å². The fraction of sp³-hybridized carbons (Fsp3) is 0.526. The second-order valence-electron chi connectivity index (χ2n) is 6.74. The molecule has 0 radical (unpaired) electrons. The van der Waals surface area contributed by atoms with Crippen molar-refractivity contribution < 1.29 is 4.79 Å². The quantitative estimate of drug-likeness (QED) is 0.770. The van der Waals surface area contributed by atoms with Crippen LogP contribution < -0.4 is 5.32 Å². The maximum atomic E-state index is 12.2. The van der Waals surface area contributed by atoms with Gasteiger partial charge in [0.1, 0.15) is 0 Å². The number of aromatic nitrogens is 3. The number of carbonyl (C=O) groups excluding carboxylic acids is 1. The third-order valence-corrected chi connectivity index (χ3v) is 5.74. The van der Waals surface area contributed by atoms with Crippen molar-refractivity contribution >= 4 is 17.7 Å². The number of amides is 1. The number of hydrogen-bond donors (Lipinski definition) is 2. The minimum atomic E-state index is 0.0717. The Balaban J connectivity index is 1.51. The van der Waals surface area contributed by atoms with E-state index in [1.54, 1.807) is 0 Å². The zero-order valence-corrected chi connectivity index (χ0v) is 15.7. The SMILES string of the molecule is CCc1ccc(-c2nc(SCC(=O)N[C@H]3CCCC[C@@H]3C)n[nH]2)cc1. The van der Waals surface area contributed by atoms with Gasteiger partial charge in [0.05, 0.1) is 5.75 Å². The van der Waals surface area contributed by atoms with Crippen molar-refractivity contribution in [3.05, 3.63) is 29.8 Å². The normalized spacial score (nSPS) is 20.4. The van der Waals surface area contributed by atoms with Crippen molar-refractivity contribution in [1.29, 1.82) is 0 Å². The van der Waals surface area contributed by atoms with Crippen molar-refractivity contribution in [2.24, 2.45) is 5.92 Å². The van der Waals surface area contributed by atoms with Gasteiger partial charge in [0.15, 0.2) is 5.82 Å². The summed E-state index contributed by atoms with van der Waals surface area (Å²) in [4.78, 5) is 16.7. The summed E-state index contributed by atoms with van der Waals surface area (Å²) < 4.78 is 0. The van der Waals surface area contributed by atoms with Gasteiger partial charge in [-0.25, -0.2) is 4.98 Å². The van der Waals surface area contributed by atoms with Gasteiger partial charge in [-0.3, -0.25) is 9.89 Å². The number of aromatic amines is 1. The van der Waals surface area contributed by atoms with Crippen LogP contribution in [0.25, 0.3) is 11.4 Å². The number of carbonyl (C=O) groups is 1. The van der Waals surface area contributed by atoms with Crippen LogP contribution in [0.5, 0.6) is 0 Å². The number of rotatable bonds is 6. The fourth-order valence-electron chi connectivity index (χ4n) is 3.25. The molecule has 0 bridgehead atoms. The van der Waals surface area contributed by atoms with E-state index in [0.717, 1.165) is 24.2 Å². The van der Waals surface area contributed by atoms with Gasteiger partial charge in [0.2, 0.25) is 11.1 Å². The summed E-state index contributed by atoms with van der Waals surface area (Å²) in [6.07, 6.45) is 5.81. The lowest BCUT2D eigenvalue weighted by Crippen LogP contribution is -2.41. The van der Waals surface area contributed by atoms with E-state index < -0.39 is 0 Å². The molecule has 1 aliphatic rings. The standard InChI is InChI=1S/C19H26N4OS/c1-3-14-8-10-15(11-9-14)18-21-19(23-22-18)25-12-17(24)20-16-7-5-4-6-13(16)2/h8-11,13,16H,3-7,12H2,1-2H3,(H,20,24)(H,21,22,23)/t13-,16-/m0/s1. The Labute approximate surface area is 153 Å². The first kappa shape index (κ1) is 18.0. The molecule has 1 aromatic carbocycles. The largest absolute Gasteiger partial charge is 0.352 e. The first-order chi connectivity index (χ1) is 12.2. The van der Waals surface area contributed by atoms with Crippen molar-refractivity contribution in [2.45, 2.75) is 57.1 Å². The van der Waals surface area contributed by atoms with Gasteiger partial charge < -0.3 is 5.32 Å². The zero-order valence-electron chi connectivity index (χ0n) is 14.9. The maximum absolute atomic E-state index is 12.2. The highest BCUT2D eigenvalue weighted by atomic mass is 32.2. The minimum Gasteiger partial charge on any atom is -0.352 e. The maximum Gasteiger partial charge on any atom is 0.230 e. The van der Waals surface area contributed by atoms with Crippen molar-refractivity contribution in [3.8, 4) is 11.4 Å². The van der Waals surface area contributed by atoms with Crippen LogP contribution in [-0.4, -0.2) is 32.9 Å². The van der Waals surface area contributed by atoms with E-state index in [1.807, 2.05) is 12.1 Å². The van der Waals surface area contributed by atoms with E-state index in [4.69, 9.17) is 0 Å². The Morgan fingerprint density at radius 2 is 2.04 bits per heavy atom. The molecule has 1 fully saturated rings. The van der Waals surface area contributed by atoms with Gasteiger partial charge in [-0.1, -0.05) is 62.7 Å². The van der Waals surface area contributed by atoms with Crippen LogP contribution in [-0.2, 0) is 11.2 Å². The molecule has 0 unspecified atom stereocenters. The fourth-order valence-corrected chi connectivity index (χ4v) is 3.86. The molecule has 0 aliphatic heterocycles. The number of nitrogens with zero attached hydrogens (tertiary/aromatic N) is 2. The Morgan fingerprint density at radius 1 is 1.28 bits per heavy atom. The molecule has 0 spiro atoms. The van der Waals surface area contributed by atoms with Crippen LogP contribution >= 0.6 is 11.8 Å². The summed E-state index contributed by atoms with van der Waals surface area (Å²) in [6, 6.07) is 8.62. The average molecular weight is 359 g/mol. The lowest BCUT2D eigenvalue weighted by molar-refractivity contribution is -0.119. The molecule has 2 N–H and O–H groups in total. The molecular formula is C19H26N4OS. The molecule has 134 valence electrons. The van der Waals surface area contributed by atoms with Crippen LogP contribution in [0.4, 0.5) is 0 Å². The number of thioether (sulfide) groups is 1. The third-order valence-electron chi connectivity index (χ3n) is 4.89. The number of aryl methyl sites for hydroxylation is 1. The minimum absolute atomic E-state index is 0.0717. The van der Waals surface area contributed by atoms with Crippen LogP contribution in [0.2, 0.25) is 0 Å². The highest BCUT2D eigenvalue weighted by molar-refractivity contribution is 7.99. The van der Waals surface area contributed by atoms with Gasteiger partial charge in [-0.15, -0.1) is 5.10 Å². The van der Waals surface area contributed by atoms with E-state index in [-0.39, 0.29) is 5.91 Å². The predicted molar refractivity (Wildman–Crippen MR) is 101 cm³/mol. The number of H-pyrrole nitrogens is 1. The molecular weight excluding hydrogens is 332 g/mol. The summed E-state index contributed by atoms with van der Waals surface area (Å²) in [6.45, 7) is 4.36. The molecule has 6 heteroatoms. The van der Waals surface area contributed by atoms with Crippen LogP contribution in [0.3, 0.4) is 0 Å². The summed E-state index contributed by atoms with van der Waals surface area (Å²) >= 11 is 1.38. The van der Waals surface area contributed by atoms with Crippen molar-refractivity contribution in [2.75, 3.05) is 5.75 Å². The van der Waals surface area contributed by atoms with E-state index in [2.05, 4.69) is 46.5 Å². The second kappa shape index (κ2) is 8.52. The zero-order chi connectivity index (χ0) is 17.6. The van der Waals surface area contributed by atoms with Crippen LogP contribution in [0.1, 0.15) is 45.1 Å². The molecule has 2 atom stereocenters. The Hall–Kier alpha value is -1.82. The van der Waals surface area contributed by atoms with Gasteiger partial charge in [-0.2, -0.15) is 0 Å². The molecule has 1 heterocycles. The molecule has 1 saturated carbocycles. The first-order valence-corrected chi connectivity index (χ1v) is 10.1. The lowest BCUT2D eigenvalue weighted by atomic mass is 9.86. The lowest BCUT2D eigenvalue weighted by Gasteiger charge is -2.29. The number of nitrogens with one attached hydrogen (secondary N) is 2. The summed E-state index contributed by atoms with van der Waals surface area (Å²) in [5.41, 5.74) is 2.31. The van der Waals surface area contributed by atoms with Gasteiger partial charge in [0.25, 0.3) is 0 Å². The third kappa shape index (κ3) is 4.84.